The lowest BCUT2D eigenvalue weighted by atomic mass is 10.1. The largest absolute Gasteiger partial charge is 0.497 e. The molecule has 2 rings (SSSR count). The number of rotatable bonds is 2. The lowest BCUT2D eigenvalue weighted by molar-refractivity contribution is -0.116. The normalized spacial score (nSPS) is 17.2. The van der Waals surface area contributed by atoms with E-state index >= 15 is 0 Å². The van der Waals surface area contributed by atoms with E-state index in [1.807, 2.05) is 24.3 Å². The summed E-state index contributed by atoms with van der Waals surface area (Å²) in [5.41, 5.74) is 9.09. The van der Waals surface area contributed by atoms with Crippen molar-refractivity contribution in [3.63, 3.8) is 0 Å². The third-order valence-electron chi connectivity index (χ3n) is 2.23. The number of hydrogen-bond acceptors (Lipinski definition) is 4. The molecule has 0 aliphatic carbocycles. The highest BCUT2D eigenvalue weighted by Crippen LogP contribution is 2.15. The van der Waals surface area contributed by atoms with Gasteiger partial charge in [-0.05, 0) is 23.8 Å². The standard InChI is InChI=1S/C11H11N3O2/c1-16-8-4-2-7(3-5-8)6-9-10(12)13-14-11(9)15/h2-6H,1H3,(H2,12,13)(H,14,15)/b9-6+. The molecule has 5 nitrogen and oxygen atoms in total. The van der Waals surface area contributed by atoms with Crippen LogP contribution < -0.4 is 15.9 Å². The highest BCUT2D eigenvalue weighted by Gasteiger charge is 2.19. The molecule has 16 heavy (non-hydrogen) atoms. The van der Waals surface area contributed by atoms with Crippen LogP contribution in [0.1, 0.15) is 5.56 Å². The van der Waals surface area contributed by atoms with Gasteiger partial charge in [-0.15, -0.1) is 0 Å². The summed E-state index contributed by atoms with van der Waals surface area (Å²) < 4.78 is 5.03. The molecule has 1 amide bonds. The minimum absolute atomic E-state index is 0.209. The fourth-order valence-corrected chi connectivity index (χ4v) is 1.35. The van der Waals surface area contributed by atoms with Crippen LogP contribution in [0.25, 0.3) is 6.08 Å². The molecule has 0 atom stereocenters. The molecule has 3 N–H and O–H groups in total. The number of nitrogens with one attached hydrogen (secondary N) is 1. The Balaban J connectivity index is 2.28. The van der Waals surface area contributed by atoms with Crippen LogP contribution in [0.5, 0.6) is 5.75 Å². The summed E-state index contributed by atoms with van der Waals surface area (Å²) in [5.74, 6) is 0.689. The maximum Gasteiger partial charge on any atom is 0.275 e. The Morgan fingerprint density at radius 1 is 1.38 bits per heavy atom. The SMILES string of the molecule is COc1ccc(/C=C2/C(=O)NN=C2N)cc1. The van der Waals surface area contributed by atoms with Gasteiger partial charge in [0.05, 0.1) is 12.7 Å². The van der Waals surface area contributed by atoms with Crippen molar-refractivity contribution in [2.75, 3.05) is 7.11 Å². The molecule has 1 aromatic rings. The summed E-state index contributed by atoms with van der Waals surface area (Å²) in [7, 11) is 1.60. The Morgan fingerprint density at radius 2 is 2.06 bits per heavy atom. The number of nitrogens with two attached hydrogens (primary N) is 1. The number of hydrogen-bond donors (Lipinski definition) is 2. The Morgan fingerprint density at radius 3 is 2.56 bits per heavy atom. The van der Waals surface area contributed by atoms with Gasteiger partial charge in [-0.2, -0.15) is 5.10 Å². The second-order valence-electron chi connectivity index (χ2n) is 3.27. The van der Waals surface area contributed by atoms with Gasteiger partial charge in [-0.1, -0.05) is 12.1 Å². The smallest absolute Gasteiger partial charge is 0.275 e. The summed E-state index contributed by atoms with van der Waals surface area (Å²) in [4.78, 5) is 11.3. The Bertz CT molecular complexity index is 475. The molecule has 0 fully saturated rings. The van der Waals surface area contributed by atoms with E-state index in [1.54, 1.807) is 13.2 Å². The molecule has 1 aliphatic rings. The van der Waals surface area contributed by atoms with Crippen LogP contribution in [0.4, 0.5) is 0 Å². The maximum absolute atomic E-state index is 11.3. The number of methoxy groups -OCH3 is 1. The molecule has 0 aromatic heterocycles. The van der Waals surface area contributed by atoms with Crippen molar-refractivity contribution >= 4 is 17.8 Å². The maximum atomic E-state index is 11.3. The number of carbonyl (C=O) groups is 1. The van der Waals surface area contributed by atoms with Crippen molar-refractivity contribution in [3.8, 4) is 5.75 Å². The topological polar surface area (TPSA) is 76.7 Å². The van der Waals surface area contributed by atoms with Crippen molar-refractivity contribution in [1.82, 2.24) is 5.43 Å². The molecule has 82 valence electrons. The number of hydrazone groups is 1. The van der Waals surface area contributed by atoms with Crippen molar-refractivity contribution in [3.05, 3.63) is 35.4 Å². The van der Waals surface area contributed by atoms with E-state index in [9.17, 15) is 4.79 Å². The van der Waals surface area contributed by atoms with Crippen molar-refractivity contribution in [2.45, 2.75) is 0 Å². The number of amides is 1. The number of ether oxygens (including phenoxy) is 1. The summed E-state index contributed by atoms with van der Waals surface area (Å²) in [5, 5.41) is 3.63. The highest BCUT2D eigenvalue weighted by atomic mass is 16.5. The Kier molecular flexibility index (Phi) is 2.59. The van der Waals surface area contributed by atoms with Gasteiger partial charge in [0.15, 0.2) is 5.84 Å². The quantitative estimate of drug-likeness (QED) is 0.707. The van der Waals surface area contributed by atoms with Gasteiger partial charge in [0.25, 0.3) is 5.91 Å². The lowest BCUT2D eigenvalue weighted by Gasteiger charge is -2.00. The van der Waals surface area contributed by atoms with Crippen LogP contribution in [-0.2, 0) is 4.79 Å². The minimum Gasteiger partial charge on any atom is -0.497 e. The van der Waals surface area contributed by atoms with Crippen molar-refractivity contribution in [2.24, 2.45) is 10.8 Å². The van der Waals surface area contributed by atoms with E-state index < -0.39 is 0 Å². The zero-order valence-electron chi connectivity index (χ0n) is 8.73. The summed E-state index contributed by atoms with van der Waals surface area (Å²) >= 11 is 0. The summed E-state index contributed by atoms with van der Waals surface area (Å²) in [6.07, 6.45) is 1.68. The number of carbonyl (C=O) groups excluding carboxylic acids is 1. The van der Waals surface area contributed by atoms with Crippen molar-refractivity contribution in [1.29, 1.82) is 0 Å². The first-order valence-electron chi connectivity index (χ1n) is 4.70. The third-order valence-corrected chi connectivity index (χ3v) is 2.23. The molecule has 0 radical (unpaired) electrons. The van der Waals surface area contributed by atoms with Gasteiger partial charge < -0.3 is 10.5 Å². The van der Waals surface area contributed by atoms with Gasteiger partial charge in [-0.3, -0.25) is 4.79 Å². The first-order chi connectivity index (χ1) is 7.70. The third kappa shape index (κ3) is 1.88. The first-order valence-corrected chi connectivity index (χ1v) is 4.70. The predicted octanol–water partition coefficient (Wildman–Crippen LogP) is 0.481. The Hall–Kier alpha value is -2.30. The highest BCUT2D eigenvalue weighted by molar-refractivity contribution is 6.26. The lowest BCUT2D eigenvalue weighted by Crippen LogP contribution is -2.16. The zero-order chi connectivity index (χ0) is 11.5. The van der Waals surface area contributed by atoms with E-state index in [4.69, 9.17) is 10.5 Å². The molecule has 1 aliphatic heterocycles. The van der Waals surface area contributed by atoms with E-state index in [0.717, 1.165) is 11.3 Å². The number of benzene rings is 1. The van der Waals surface area contributed by atoms with Crippen LogP contribution in [0.2, 0.25) is 0 Å². The first kappa shape index (κ1) is 10.2. The van der Waals surface area contributed by atoms with E-state index in [-0.39, 0.29) is 11.7 Å². The molecule has 0 unspecified atom stereocenters. The van der Waals surface area contributed by atoms with E-state index in [1.165, 1.54) is 0 Å². The van der Waals surface area contributed by atoms with Gasteiger partial charge in [0.2, 0.25) is 0 Å². The van der Waals surface area contributed by atoms with Crippen LogP contribution >= 0.6 is 0 Å². The fourth-order valence-electron chi connectivity index (χ4n) is 1.35. The summed E-state index contributed by atoms with van der Waals surface area (Å²) in [6.45, 7) is 0. The minimum atomic E-state index is -0.284. The van der Waals surface area contributed by atoms with Crippen LogP contribution in [0, 0.1) is 0 Å². The molecule has 0 saturated carbocycles. The average Bonchev–Trinajstić information content (AvgIpc) is 2.62. The second kappa shape index (κ2) is 4.06. The molecule has 1 heterocycles. The van der Waals surface area contributed by atoms with E-state index in [2.05, 4.69) is 10.5 Å². The molecule has 1 aromatic carbocycles. The number of nitrogens with zero attached hydrogens (tertiary/aromatic N) is 1. The second-order valence-corrected chi connectivity index (χ2v) is 3.27. The summed E-state index contributed by atoms with van der Waals surface area (Å²) in [6, 6.07) is 7.30. The molecule has 0 saturated heterocycles. The molecule has 0 bridgehead atoms. The van der Waals surface area contributed by atoms with Gasteiger partial charge in [0.1, 0.15) is 5.75 Å². The van der Waals surface area contributed by atoms with Crippen LogP contribution in [0.15, 0.2) is 34.9 Å². The zero-order valence-corrected chi connectivity index (χ0v) is 8.73. The average molecular weight is 217 g/mol. The predicted molar refractivity (Wildman–Crippen MR) is 60.7 cm³/mol. The van der Waals surface area contributed by atoms with Gasteiger partial charge >= 0.3 is 0 Å². The number of amidine groups is 1. The van der Waals surface area contributed by atoms with Crippen LogP contribution in [0.3, 0.4) is 0 Å². The fraction of sp³-hybridized carbons (Fsp3) is 0.0909. The molecular formula is C11H11N3O2. The monoisotopic (exact) mass is 217 g/mol. The van der Waals surface area contributed by atoms with Gasteiger partial charge in [0, 0.05) is 0 Å². The van der Waals surface area contributed by atoms with Crippen LogP contribution in [-0.4, -0.2) is 18.9 Å². The van der Waals surface area contributed by atoms with Gasteiger partial charge in [-0.25, -0.2) is 5.43 Å². The van der Waals surface area contributed by atoms with Crippen molar-refractivity contribution < 1.29 is 9.53 Å². The Labute approximate surface area is 92.6 Å². The molecule has 5 heteroatoms. The van der Waals surface area contributed by atoms with E-state index in [0.29, 0.717) is 5.57 Å². The molecular weight excluding hydrogens is 206 g/mol. The molecule has 0 spiro atoms.